The molecule has 0 heterocycles. The van der Waals surface area contributed by atoms with Gasteiger partial charge in [-0.05, 0) is 73.4 Å². The van der Waals surface area contributed by atoms with Gasteiger partial charge >= 0.3 is 0 Å². The highest BCUT2D eigenvalue weighted by atomic mass is 32.2. The zero-order chi connectivity index (χ0) is 17.9. The molecule has 4 nitrogen and oxygen atoms in total. The summed E-state index contributed by atoms with van der Waals surface area (Å²) in [5.74, 6) is -0.126. The molecular weight excluding hydrogens is 322 g/mol. The van der Waals surface area contributed by atoms with Crippen molar-refractivity contribution in [2.24, 2.45) is 0 Å². The average molecular weight is 343 g/mol. The molecule has 0 atom stereocenters. The number of rotatable bonds is 5. The summed E-state index contributed by atoms with van der Waals surface area (Å²) in [4.78, 5) is 12.3. The maximum Gasteiger partial charge on any atom is 0.229 e. The predicted molar refractivity (Wildman–Crippen MR) is 98.9 cm³/mol. The summed E-state index contributed by atoms with van der Waals surface area (Å²) in [5, 5.41) is 0. The third-order valence-electron chi connectivity index (χ3n) is 3.77. The summed E-state index contributed by atoms with van der Waals surface area (Å²) in [6.07, 6.45) is 4.43. The van der Waals surface area contributed by atoms with Gasteiger partial charge in [-0.3, -0.25) is 9.52 Å². The van der Waals surface area contributed by atoms with Crippen molar-refractivity contribution in [3.8, 4) is 0 Å². The second-order valence-corrected chi connectivity index (χ2v) is 7.69. The van der Waals surface area contributed by atoms with Crippen LogP contribution in [0, 0.1) is 20.8 Å². The summed E-state index contributed by atoms with van der Waals surface area (Å²) in [6, 6.07) is 10.5. The Hall–Kier alpha value is -2.40. The van der Waals surface area contributed by atoms with Gasteiger partial charge in [-0.25, -0.2) is 8.42 Å². The van der Waals surface area contributed by atoms with Crippen molar-refractivity contribution in [3.05, 3.63) is 70.3 Å². The van der Waals surface area contributed by atoms with Gasteiger partial charge in [0.25, 0.3) is 0 Å². The van der Waals surface area contributed by atoms with Gasteiger partial charge in [-0.15, -0.1) is 0 Å². The lowest BCUT2D eigenvalue weighted by Gasteiger charge is -2.06. The molecule has 1 N–H and O–H groups in total. The molecule has 0 aromatic heterocycles. The minimum Gasteiger partial charge on any atom is -0.289 e. The number of benzene rings is 2. The maximum atomic E-state index is 12.3. The van der Waals surface area contributed by atoms with Crippen LogP contribution in [0.2, 0.25) is 0 Å². The standard InChI is InChI=1S/C19H21NO3S/c1-13-11-15(3)17(12-14(13)2)7-10-19(21)16-5-8-18(9-6-16)20-24(4,22)23/h5-12,20H,1-4H3. The number of hydrogen-bond donors (Lipinski definition) is 1. The van der Waals surface area contributed by atoms with Crippen LogP contribution in [0.5, 0.6) is 0 Å². The van der Waals surface area contributed by atoms with Gasteiger partial charge in [0.1, 0.15) is 0 Å². The first-order valence-corrected chi connectivity index (χ1v) is 9.43. The summed E-state index contributed by atoms with van der Waals surface area (Å²) >= 11 is 0. The van der Waals surface area contributed by atoms with Crippen molar-refractivity contribution in [1.82, 2.24) is 0 Å². The smallest absolute Gasteiger partial charge is 0.229 e. The molecule has 0 fully saturated rings. The van der Waals surface area contributed by atoms with E-state index in [2.05, 4.69) is 23.8 Å². The number of hydrogen-bond acceptors (Lipinski definition) is 3. The van der Waals surface area contributed by atoms with Crippen molar-refractivity contribution < 1.29 is 13.2 Å². The molecule has 2 rings (SSSR count). The molecule has 0 spiro atoms. The topological polar surface area (TPSA) is 63.2 Å². The molecule has 0 amide bonds. The highest BCUT2D eigenvalue weighted by molar-refractivity contribution is 7.92. The molecule has 0 aliphatic carbocycles. The Bertz CT molecular complexity index is 895. The number of aryl methyl sites for hydroxylation is 3. The van der Waals surface area contributed by atoms with E-state index in [1.54, 1.807) is 24.3 Å². The molecule has 0 radical (unpaired) electrons. The third-order valence-corrected chi connectivity index (χ3v) is 4.38. The molecule has 2 aromatic carbocycles. The van der Waals surface area contributed by atoms with Crippen molar-refractivity contribution in [1.29, 1.82) is 0 Å². The zero-order valence-corrected chi connectivity index (χ0v) is 15.1. The number of carbonyl (C=O) groups is 1. The second-order valence-electron chi connectivity index (χ2n) is 5.94. The molecule has 0 saturated heterocycles. The van der Waals surface area contributed by atoms with Gasteiger partial charge in [0.15, 0.2) is 5.78 Å². The summed E-state index contributed by atoms with van der Waals surface area (Å²) in [6.45, 7) is 6.12. The molecule has 0 aliphatic rings. The molecule has 126 valence electrons. The number of carbonyl (C=O) groups excluding carboxylic acids is 1. The Morgan fingerprint density at radius 2 is 1.54 bits per heavy atom. The Balaban J connectivity index is 2.16. The predicted octanol–water partition coefficient (Wildman–Crippen LogP) is 3.88. The van der Waals surface area contributed by atoms with E-state index in [0.717, 1.165) is 17.4 Å². The second kappa shape index (κ2) is 7.01. The fraction of sp³-hybridized carbons (Fsp3) is 0.211. The normalized spacial score (nSPS) is 11.7. The lowest BCUT2D eigenvalue weighted by molar-refractivity contribution is 0.104. The maximum absolute atomic E-state index is 12.3. The van der Waals surface area contributed by atoms with E-state index >= 15 is 0 Å². The van der Waals surface area contributed by atoms with Crippen LogP contribution >= 0.6 is 0 Å². The summed E-state index contributed by atoms with van der Waals surface area (Å²) in [5.41, 5.74) is 5.49. The number of allylic oxidation sites excluding steroid dienone is 1. The van der Waals surface area contributed by atoms with E-state index in [4.69, 9.17) is 0 Å². The lowest BCUT2D eigenvalue weighted by atomic mass is 10.00. The molecular formula is C19H21NO3S. The van der Waals surface area contributed by atoms with Crippen molar-refractivity contribution in [3.63, 3.8) is 0 Å². The van der Waals surface area contributed by atoms with Gasteiger partial charge in [0.05, 0.1) is 6.26 Å². The molecule has 0 aliphatic heterocycles. The number of nitrogens with one attached hydrogen (secondary N) is 1. The van der Waals surface area contributed by atoms with Crippen LogP contribution in [-0.4, -0.2) is 20.5 Å². The summed E-state index contributed by atoms with van der Waals surface area (Å²) in [7, 11) is -3.32. The van der Waals surface area contributed by atoms with Gasteiger partial charge in [-0.1, -0.05) is 18.2 Å². The summed E-state index contributed by atoms with van der Waals surface area (Å²) < 4.78 is 24.7. The van der Waals surface area contributed by atoms with E-state index in [-0.39, 0.29) is 5.78 Å². The van der Waals surface area contributed by atoms with Crippen molar-refractivity contribution in [2.75, 3.05) is 11.0 Å². The first-order valence-electron chi connectivity index (χ1n) is 7.54. The highest BCUT2D eigenvalue weighted by Gasteiger charge is 2.05. The monoisotopic (exact) mass is 343 g/mol. The number of sulfonamides is 1. The van der Waals surface area contributed by atoms with Gasteiger partial charge in [-0.2, -0.15) is 0 Å². The van der Waals surface area contributed by atoms with Crippen LogP contribution in [-0.2, 0) is 10.0 Å². The number of ketones is 1. The molecule has 24 heavy (non-hydrogen) atoms. The average Bonchev–Trinajstić information content (AvgIpc) is 2.48. The minimum absolute atomic E-state index is 0.126. The molecule has 0 saturated carbocycles. The Kier molecular flexibility index (Phi) is 5.24. The largest absolute Gasteiger partial charge is 0.289 e. The number of anilines is 1. The van der Waals surface area contributed by atoms with Crippen molar-refractivity contribution in [2.45, 2.75) is 20.8 Å². The lowest BCUT2D eigenvalue weighted by Crippen LogP contribution is -2.09. The minimum atomic E-state index is -3.32. The SMILES string of the molecule is Cc1cc(C)c(C=CC(=O)c2ccc(NS(C)(=O)=O)cc2)cc1C. The fourth-order valence-corrected chi connectivity index (χ4v) is 2.90. The van der Waals surface area contributed by atoms with Gasteiger partial charge < -0.3 is 0 Å². The Morgan fingerprint density at radius 1 is 0.958 bits per heavy atom. The van der Waals surface area contributed by atoms with E-state index in [1.165, 1.54) is 17.2 Å². The van der Waals surface area contributed by atoms with Crippen LogP contribution in [0.3, 0.4) is 0 Å². The van der Waals surface area contributed by atoms with Crippen LogP contribution < -0.4 is 4.72 Å². The van der Waals surface area contributed by atoms with Crippen molar-refractivity contribution >= 4 is 27.6 Å². The van der Waals surface area contributed by atoms with E-state index in [0.29, 0.717) is 11.3 Å². The van der Waals surface area contributed by atoms with E-state index < -0.39 is 10.0 Å². The Labute approximate surface area is 143 Å². The van der Waals surface area contributed by atoms with Crippen LogP contribution in [0.4, 0.5) is 5.69 Å². The van der Waals surface area contributed by atoms with Gasteiger partial charge in [0, 0.05) is 11.3 Å². The first-order chi connectivity index (χ1) is 11.2. The van der Waals surface area contributed by atoms with E-state index in [9.17, 15) is 13.2 Å². The van der Waals surface area contributed by atoms with Gasteiger partial charge in [0.2, 0.25) is 10.0 Å². The third kappa shape index (κ3) is 4.80. The molecule has 0 unspecified atom stereocenters. The van der Waals surface area contributed by atoms with Crippen LogP contribution in [0.15, 0.2) is 42.5 Å². The first kappa shape index (κ1) is 17.9. The van der Waals surface area contributed by atoms with E-state index in [1.807, 2.05) is 19.9 Å². The quantitative estimate of drug-likeness (QED) is 0.662. The molecule has 2 aromatic rings. The van der Waals surface area contributed by atoms with Crippen LogP contribution in [0.25, 0.3) is 6.08 Å². The zero-order valence-electron chi connectivity index (χ0n) is 14.3. The molecule has 0 bridgehead atoms. The highest BCUT2D eigenvalue weighted by Crippen LogP contribution is 2.17. The molecule has 5 heteroatoms. The van der Waals surface area contributed by atoms with Crippen LogP contribution in [0.1, 0.15) is 32.6 Å². The fourth-order valence-electron chi connectivity index (χ4n) is 2.34. The Morgan fingerprint density at radius 3 is 2.12 bits per heavy atom.